The highest BCUT2D eigenvalue weighted by molar-refractivity contribution is 5.26. The molecule has 0 aliphatic rings. The van der Waals surface area contributed by atoms with Crippen molar-refractivity contribution in [2.75, 3.05) is 0 Å². The molecule has 0 radical (unpaired) electrons. The summed E-state index contributed by atoms with van der Waals surface area (Å²) < 4.78 is 0. The lowest BCUT2D eigenvalue weighted by molar-refractivity contribution is 0.482. The molecule has 0 aliphatic carbocycles. The third-order valence-corrected chi connectivity index (χ3v) is 3.63. The highest BCUT2D eigenvalue weighted by Crippen LogP contribution is 2.10. The third kappa shape index (κ3) is 5.68. The molecular formula is C17H29N. The monoisotopic (exact) mass is 247 g/mol. The Kier molecular flexibility index (Phi) is 7.75. The third-order valence-electron chi connectivity index (χ3n) is 3.63. The fraction of sp³-hybridized carbons (Fsp3) is 0.647. The van der Waals surface area contributed by atoms with Crippen molar-refractivity contribution in [1.82, 2.24) is 5.32 Å². The molecule has 0 bridgehead atoms. The summed E-state index contributed by atoms with van der Waals surface area (Å²) in [5, 5.41) is 3.65. The molecule has 1 nitrogen and oxygen atoms in total. The number of benzene rings is 1. The second-order valence-corrected chi connectivity index (χ2v) is 5.25. The van der Waals surface area contributed by atoms with E-state index in [1.54, 1.807) is 0 Å². The number of nitrogens with one attached hydrogen (secondary N) is 1. The average molecular weight is 247 g/mol. The Morgan fingerprint density at radius 1 is 1.00 bits per heavy atom. The Balaban J connectivity index is 2.26. The van der Waals surface area contributed by atoms with E-state index in [1.165, 1.54) is 43.2 Å². The van der Waals surface area contributed by atoms with Gasteiger partial charge in [-0.2, -0.15) is 0 Å². The summed E-state index contributed by atoms with van der Waals surface area (Å²) >= 11 is 0. The van der Waals surface area contributed by atoms with Crippen LogP contribution >= 0.6 is 0 Å². The van der Waals surface area contributed by atoms with Crippen molar-refractivity contribution >= 4 is 0 Å². The summed E-state index contributed by atoms with van der Waals surface area (Å²) in [7, 11) is 0. The topological polar surface area (TPSA) is 12.0 Å². The van der Waals surface area contributed by atoms with Gasteiger partial charge in [-0.3, -0.25) is 0 Å². The van der Waals surface area contributed by atoms with Crippen LogP contribution in [0.25, 0.3) is 0 Å². The summed E-state index contributed by atoms with van der Waals surface area (Å²) in [4.78, 5) is 0. The molecule has 0 amide bonds. The fourth-order valence-corrected chi connectivity index (χ4v) is 2.34. The summed E-state index contributed by atoms with van der Waals surface area (Å²) in [5.41, 5.74) is 2.93. The Morgan fingerprint density at radius 2 is 1.72 bits per heavy atom. The van der Waals surface area contributed by atoms with E-state index in [4.69, 9.17) is 0 Å². The van der Waals surface area contributed by atoms with Crippen LogP contribution in [0.1, 0.15) is 64.0 Å². The van der Waals surface area contributed by atoms with Crippen molar-refractivity contribution in [1.29, 1.82) is 0 Å². The van der Waals surface area contributed by atoms with Gasteiger partial charge >= 0.3 is 0 Å². The molecule has 0 heterocycles. The molecule has 1 aromatic rings. The minimum absolute atomic E-state index is 0.631. The summed E-state index contributed by atoms with van der Waals surface area (Å²) in [6.07, 6.45) is 7.87. The Labute approximate surface area is 113 Å². The first kappa shape index (κ1) is 15.2. The number of aryl methyl sites for hydroxylation is 1. The lowest BCUT2D eigenvalue weighted by Crippen LogP contribution is -2.25. The molecule has 18 heavy (non-hydrogen) atoms. The van der Waals surface area contributed by atoms with Crippen molar-refractivity contribution in [2.24, 2.45) is 0 Å². The Hall–Kier alpha value is -0.820. The van der Waals surface area contributed by atoms with Gasteiger partial charge in [-0.25, -0.2) is 0 Å². The van der Waals surface area contributed by atoms with Crippen LogP contribution in [0.3, 0.4) is 0 Å². The van der Waals surface area contributed by atoms with E-state index in [0.29, 0.717) is 6.04 Å². The summed E-state index contributed by atoms with van der Waals surface area (Å²) in [5.74, 6) is 0. The maximum absolute atomic E-state index is 3.65. The van der Waals surface area contributed by atoms with Crippen molar-refractivity contribution in [3.8, 4) is 0 Å². The van der Waals surface area contributed by atoms with Gasteiger partial charge in [-0.05, 0) is 30.9 Å². The van der Waals surface area contributed by atoms with Crippen LogP contribution in [0.5, 0.6) is 0 Å². The number of hydrogen-bond acceptors (Lipinski definition) is 1. The molecule has 1 aromatic carbocycles. The molecule has 0 aliphatic heterocycles. The van der Waals surface area contributed by atoms with Gasteiger partial charge in [0.1, 0.15) is 0 Å². The minimum atomic E-state index is 0.631. The van der Waals surface area contributed by atoms with Crippen molar-refractivity contribution in [3.05, 3.63) is 35.4 Å². The lowest BCUT2D eigenvalue weighted by Gasteiger charge is -2.15. The van der Waals surface area contributed by atoms with Gasteiger partial charge in [0.15, 0.2) is 0 Å². The van der Waals surface area contributed by atoms with E-state index in [9.17, 15) is 0 Å². The molecule has 0 aromatic heterocycles. The Morgan fingerprint density at radius 3 is 2.39 bits per heavy atom. The first-order valence-electron chi connectivity index (χ1n) is 7.58. The van der Waals surface area contributed by atoms with Gasteiger partial charge in [0.05, 0.1) is 0 Å². The molecule has 1 heteroatoms. The van der Waals surface area contributed by atoms with Crippen LogP contribution in [-0.4, -0.2) is 6.04 Å². The first-order chi connectivity index (χ1) is 8.77. The molecule has 0 saturated heterocycles. The van der Waals surface area contributed by atoms with Gasteiger partial charge in [0.2, 0.25) is 0 Å². The van der Waals surface area contributed by atoms with Crippen LogP contribution in [0.4, 0.5) is 0 Å². The van der Waals surface area contributed by atoms with E-state index in [1.807, 2.05) is 0 Å². The van der Waals surface area contributed by atoms with Gasteiger partial charge in [0, 0.05) is 12.6 Å². The van der Waals surface area contributed by atoms with E-state index in [0.717, 1.165) is 13.0 Å². The van der Waals surface area contributed by atoms with E-state index >= 15 is 0 Å². The number of unbranched alkanes of at least 4 members (excludes halogenated alkanes) is 3. The predicted molar refractivity (Wildman–Crippen MR) is 80.9 cm³/mol. The quantitative estimate of drug-likeness (QED) is 0.624. The van der Waals surface area contributed by atoms with Crippen molar-refractivity contribution in [2.45, 2.75) is 71.9 Å². The van der Waals surface area contributed by atoms with Crippen molar-refractivity contribution < 1.29 is 0 Å². The molecule has 0 saturated carbocycles. The van der Waals surface area contributed by atoms with E-state index < -0.39 is 0 Å². The number of rotatable bonds is 9. The van der Waals surface area contributed by atoms with Gasteiger partial charge in [-0.15, -0.1) is 0 Å². The normalized spacial score (nSPS) is 12.6. The number of hydrogen-bond donors (Lipinski definition) is 1. The SMILES string of the molecule is CCCCCCC(C)NCc1ccccc1CC. The molecule has 1 unspecified atom stereocenters. The smallest absolute Gasteiger partial charge is 0.0210 e. The zero-order valence-corrected chi connectivity index (χ0v) is 12.3. The van der Waals surface area contributed by atoms with Crippen LogP contribution < -0.4 is 5.32 Å². The maximum atomic E-state index is 3.65. The Bertz CT molecular complexity index is 319. The second-order valence-electron chi connectivity index (χ2n) is 5.25. The van der Waals surface area contributed by atoms with Gasteiger partial charge < -0.3 is 5.32 Å². The first-order valence-corrected chi connectivity index (χ1v) is 7.58. The van der Waals surface area contributed by atoms with E-state index in [2.05, 4.69) is 50.4 Å². The maximum Gasteiger partial charge on any atom is 0.0210 e. The van der Waals surface area contributed by atoms with Crippen LogP contribution in [0.2, 0.25) is 0 Å². The van der Waals surface area contributed by atoms with Gasteiger partial charge in [0.25, 0.3) is 0 Å². The highest BCUT2D eigenvalue weighted by atomic mass is 14.9. The molecule has 0 fully saturated rings. The van der Waals surface area contributed by atoms with Crippen LogP contribution in [0.15, 0.2) is 24.3 Å². The molecule has 102 valence electrons. The van der Waals surface area contributed by atoms with Gasteiger partial charge in [-0.1, -0.05) is 63.8 Å². The van der Waals surface area contributed by atoms with Crippen molar-refractivity contribution in [3.63, 3.8) is 0 Å². The van der Waals surface area contributed by atoms with E-state index in [-0.39, 0.29) is 0 Å². The summed E-state index contributed by atoms with van der Waals surface area (Å²) in [6, 6.07) is 9.39. The zero-order valence-electron chi connectivity index (χ0n) is 12.3. The second kappa shape index (κ2) is 9.16. The van der Waals surface area contributed by atoms with Crippen LogP contribution in [0, 0.1) is 0 Å². The lowest BCUT2D eigenvalue weighted by atomic mass is 10.0. The van der Waals surface area contributed by atoms with Crippen LogP contribution in [-0.2, 0) is 13.0 Å². The largest absolute Gasteiger partial charge is 0.310 e. The fourth-order valence-electron chi connectivity index (χ4n) is 2.34. The summed E-state index contributed by atoms with van der Waals surface area (Å²) in [6.45, 7) is 7.82. The zero-order chi connectivity index (χ0) is 13.2. The highest BCUT2D eigenvalue weighted by Gasteiger charge is 2.03. The molecule has 0 spiro atoms. The predicted octanol–water partition coefficient (Wildman–Crippen LogP) is 4.70. The minimum Gasteiger partial charge on any atom is -0.310 e. The standard InChI is InChI=1S/C17H29N/c1-4-6-7-8-11-15(3)18-14-17-13-10-9-12-16(17)5-2/h9-10,12-13,15,18H,4-8,11,14H2,1-3H3. The molecule has 1 atom stereocenters. The molecule has 1 rings (SSSR count). The average Bonchev–Trinajstić information content (AvgIpc) is 2.41. The molecule has 1 N–H and O–H groups in total. The molecular weight excluding hydrogens is 218 g/mol.